The molecule has 0 aliphatic carbocycles. The van der Waals surface area contributed by atoms with E-state index >= 15 is 0 Å². The molecule has 78 heavy (non-hydrogen) atoms. The lowest BCUT2D eigenvalue weighted by atomic mass is 10.1. The molecule has 0 saturated carbocycles. The molecule has 0 bridgehead atoms. The van der Waals surface area contributed by atoms with Crippen molar-refractivity contribution in [2.45, 2.75) is 123 Å². The summed E-state index contributed by atoms with van der Waals surface area (Å²) in [5.41, 5.74) is 1.89. The number of esters is 2. The topological polar surface area (TPSA) is 243 Å². The zero-order valence-electron chi connectivity index (χ0n) is 46.8. The highest BCUT2D eigenvalue weighted by molar-refractivity contribution is 5.77. The molecule has 4 N–H and O–H groups in total. The Kier molecular flexibility index (Phi) is 45.5. The van der Waals surface area contributed by atoms with Crippen LogP contribution < -0.4 is 21.3 Å². The molecular formula is C58H94N4O16. The second-order valence-corrected chi connectivity index (χ2v) is 18.7. The van der Waals surface area contributed by atoms with Crippen LogP contribution in [0, 0.1) is 5.92 Å². The molecule has 20 nitrogen and oxygen atoms in total. The summed E-state index contributed by atoms with van der Waals surface area (Å²) >= 11 is 0. The van der Waals surface area contributed by atoms with Crippen LogP contribution in [0.5, 0.6) is 0 Å². The highest BCUT2D eigenvalue weighted by Crippen LogP contribution is 2.08. The summed E-state index contributed by atoms with van der Waals surface area (Å²) in [5.74, 6) is -0.530. The molecule has 2 rings (SSSR count). The Balaban J connectivity index is 1.21. The standard InChI is InChI=1S/C58H94N4O16/c1-50(46-75-32-24-55(65)59-28-16-6-2-4-14-22-53(63)61-30-36-71-40-44-73-42-38-69-34-26-57(67)77-48-51-18-10-8-11-19-51)47-76-33-25-56(66)60-29-17-7-3-5-15-23-54(64)62-31-37-72-41-45-74-43-39-70-35-27-58(68)78-49-52-20-12-9-13-21-52/h8-13,18-21,50H,2-7,14-17,22-49H2,1H3,(H,59,65)(H,60,66)(H,61,63)(H,62,64). The van der Waals surface area contributed by atoms with Crippen molar-refractivity contribution < 1.29 is 76.1 Å². The van der Waals surface area contributed by atoms with E-state index in [4.69, 9.17) is 47.4 Å². The maximum absolute atomic E-state index is 12.2. The number of rotatable bonds is 54. The summed E-state index contributed by atoms with van der Waals surface area (Å²) in [6.07, 6.45) is 11.2. The van der Waals surface area contributed by atoms with Gasteiger partial charge in [-0.25, -0.2) is 0 Å². The van der Waals surface area contributed by atoms with Gasteiger partial charge in [-0.15, -0.1) is 0 Å². The van der Waals surface area contributed by atoms with Gasteiger partial charge in [-0.05, 0) is 36.8 Å². The molecular weight excluding hydrogens is 1010 g/mol. The molecule has 2 aromatic rings. The Bertz CT molecular complexity index is 1670. The van der Waals surface area contributed by atoms with Crippen LogP contribution in [-0.4, -0.2) is 167 Å². The van der Waals surface area contributed by atoms with Crippen LogP contribution in [0.3, 0.4) is 0 Å². The monoisotopic (exact) mass is 1100 g/mol. The van der Waals surface area contributed by atoms with Gasteiger partial charge in [0.05, 0.1) is 119 Å². The number of benzene rings is 2. The highest BCUT2D eigenvalue weighted by atomic mass is 16.6. The lowest BCUT2D eigenvalue weighted by molar-refractivity contribution is -0.147. The van der Waals surface area contributed by atoms with E-state index in [1.165, 1.54) is 0 Å². The highest BCUT2D eigenvalue weighted by Gasteiger charge is 2.09. The number of amides is 4. The Morgan fingerprint density at radius 1 is 0.333 bits per heavy atom. The number of carbonyl (C=O) groups is 6. The first-order valence-electron chi connectivity index (χ1n) is 28.3. The average molecular weight is 1100 g/mol. The first-order chi connectivity index (χ1) is 38.2. The van der Waals surface area contributed by atoms with Gasteiger partial charge in [0.2, 0.25) is 23.6 Å². The molecule has 0 fully saturated rings. The van der Waals surface area contributed by atoms with E-state index in [-0.39, 0.29) is 80.8 Å². The van der Waals surface area contributed by atoms with E-state index in [9.17, 15) is 28.8 Å². The summed E-state index contributed by atoms with van der Waals surface area (Å²) < 4.78 is 54.5. The zero-order valence-corrected chi connectivity index (χ0v) is 46.8. The van der Waals surface area contributed by atoms with Crippen molar-refractivity contribution in [3.63, 3.8) is 0 Å². The van der Waals surface area contributed by atoms with Crippen LogP contribution in [-0.2, 0) is 89.3 Å². The SMILES string of the molecule is CC(COCCC(=O)NCCCCCCCC(=O)NCCOCCOCCOCCC(=O)OCc1ccccc1)COCCC(=O)NCCCCCCCC(=O)NCCOCCOCCOCCC(=O)OCc1ccccc1. The van der Waals surface area contributed by atoms with Crippen LogP contribution in [0.2, 0.25) is 0 Å². The van der Waals surface area contributed by atoms with Gasteiger partial charge in [0.1, 0.15) is 13.2 Å². The molecule has 4 amide bonds. The number of nitrogens with one attached hydrogen (secondary N) is 4. The van der Waals surface area contributed by atoms with Crippen LogP contribution in [0.1, 0.15) is 121 Å². The molecule has 0 aromatic heterocycles. The van der Waals surface area contributed by atoms with Crippen molar-refractivity contribution in [2.75, 3.05) is 132 Å². The molecule has 20 heteroatoms. The van der Waals surface area contributed by atoms with Gasteiger partial charge in [0.15, 0.2) is 0 Å². The summed E-state index contributed by atoms with van der Waals surface area (Å²) in [7, 11) is 0. The second kappa shape index (κ2) is 51.4. The number of hydrogen-bond acceptors (Lipinski definition) is 16. The maximum Gasteiger partial charge on any atom is 0.308 e. The minimum Gasteiger partial charge on any atom is -0.461 e. The van der Waals surface area contributed by atoms with Crippen LogP contribution in [0.4, 0.5) is 0 Å². The zero-order chi connectivity index (χ0) is 56.0. The molecule has 0 atom stereocenters. The van der Waals surface area contributed by atoms with Crippen molar-refractivity contribution >= 4 is 35.6 Å². The second-order valence-electron chi connectivity index (χ2n) is 18.7. The molecule has 442 valence electrons. The fourth-order valence-electron chi connectivity index (χ4n) is 7.18. The van der Waals surface area contributed by atoms with E-state index < -0.39 is 0 Å². The van der Waals surface area contributed by atoms with E-state index in [2.05, 4.69) is 21.3 Å². The molecule has 0 unspecified atom stereocenters. The minimum absolute atomic E-state index is 0.00957. The van der Waals surface area contributed by atoms with E-state index in [1.54, 1.807) is 0 Å². The van der Waals surface area contributed by atoms with E-state index in [0.29, 0.717) is 144 Å². The Hall–Kier alpha value is -5.06. The number of hydrogen-bond donors (Lipinski definition) is 4. The van der Waals surface area contributed by atoms with Crippen LogP contribution >= 0.6 is 0 Å². The third-order valence-corrected chi connectivity index (χ3v) is 11.6. The number of ether oxygens (including phenoxy) is 10. The maximum atomic E-state index is 12.2. The van der Waals surface area contributed by atoms with Gasteiger partial charge in [-0.1, -0.05) is 106 Å². The molecule has 0 radical (unpaired) electrons. The summed E-state index contributed by atoms with van der Waals surface area (Å²) in [5, 5.41) is 11.6. The molecule has 0 spiro atoms. The molecule has 0 aliphatic rings. The van der Waals surface area contributed by atoms with E-state index in [1.807, 2.05) is 67.6 Å². The Labute approximate surface area is 464 Å². The fraction of sp³-hybridized carbons (Fsp3) is 0.690. The smallest absolute Gasteiger partial charge is 0.308 e. The van der Waals surface area contributed by atoms with Crippen LogP contribution in [0.25, 0.3) is 0 Å². The predicted molar refractivity (Wildman–Crippen MR) is 294 cm³/mol. The molecule has 0 heterocycles. The minimum atomic E-state index is -0.302. The van der Waals surface area contributed by atoms with Gasteiger partial charge in [-0.2, -0.15) is 0 Å². The molecule has 0 aliphatic heterocycles. The summed E-state index contributed by atoms with van der Waals surface area (Å²) in [6, 6.07) is 19.0. The van der Waals surface area contributed by atoms with Gasteiger partial charge >= 0.3 is 11.9 Å². The van der Waals surface area contributed by atoms with Gasteiger partial charge < -0.3 is 68.6 Å². The van der Waals surface area contributed by atoms with Gasteiger partial charge in [0, 0.05) is 57.8 Å². The third-order valence-electron chi connectivity index (χ3n) is 11.6. The average Bonchev–Trinajstić information content (AvgIpc) is 3.44. The summed E-state index contributed by atoms with van der Waals surface area (Å²) in [6.45, 7) is 10.8. The quantitative estimate of drug-likeness (QED) is 0.0442. The van der Waals surface area contributed by atoms with Crippen molar-refractivity contribution in [3.8, 4) is 0 Å². The van der Waals surface area contributed by atoms with Gasteiger partial charge in [0.25, 0.3) is 0 Å². The lowest BCUT2D eigenvalue weighted by Gasteiger charge is -2.13. The predicted octanol–water partition coefficient (Wildman–Crippen LogP) is 5.95. The van der Waals surface area contributed by atoms with Crippen molar-refractivity contribution in [2.24, 2.45) is 5.92 Å². The number of carbonyl (C=O) groups excluding carboxylic acids is 6. The van der Waals surface area contributed by atoms with Crippen molar-refractivity contribution in [1.82, 2.24) is 21.3 Å². The van der Waals surface area contributed by atoms with Crippen molar-refractivity contribution in [3.05, 3.63) is 71.8 Å². The Morgan fingerprint density at radius 2 is 0.641 bits per heavy atom. The van der Waals surface area contributed by atoms with Crippen molar-refractivity contribution in [1.29, 1.82) is 0 Å². The third kappa shape index (κ3) is 45.9. The van der Waals surface area contributed by atoms with E-state index in [0.717, 1.165) is 75.3 Å². The van der Waals surface area contributed by atoms with Gasteiger partial charge in [-0.3, -0.25) is 28.8 Å². The summed E-state index contributed by atoms with van der Waals surface area (Å²) in [4.78, 5) is 72.2. The largest absolute Gasteiger partial charge is 0.461 e. The normalized spacial score (nSPS) is 11.1. The molecule has 0 saturated heterocycles. The first kappa shape index (κ1) is 69.0. The number of unbranched alkanes of at least 4 members (excludes halogenated alkanes) is 8. The lowest BCUT2D eigenvalue weighted by Crippen LogP contribution is -2.27. The Morgan fingerprint density at radius 3 is 1.04 bits per heavy atom. The molecule has 2 aromatic carbocycles. The first-order valence-corrected chi connectivity index (χ1v) is 28.3. The van der Waals surface area contributed by atoms with Crippen LogP contribution in [0.15, 0.2) is 60.7 Å². The fourth-order valence-corrected chi connectivity index (χ4v) is 7.18.